The van der Waals surface area contributed by atoms with Crippen LogP contribution in [0, 0.1) is 0 Å². The second-order valence-electron chi connectivity index (χ2n) is 6.77. The van der Waals surface area contributed by atoms with Crippen molar-refractivity contribution in [3.8, 4) is 17.0 Å². The Labute approximate surface area is 191 Å². The van der Waals surface area contributed by atoms with Crippen molar-refractivity contribution in [3.63, 3.8) is 0 Å². The molecular weight excluding hydrogens is 434 g/mol. The van der Waals surface area contributed by atoms with Gasteiger partial charge in [-0.3, -0.25) is 4.79 Å². The summed E-state index contributed by atoms with van der Waals surface area (Å²) in [6.07, 6.45) is 0.585. The molecular formula is C23H26ClN3O3S. The molecule has 0 fully saturated rings. The summed E-state index contributed by atoms with van der Waals surface area (Å²) in [6.45, 7) is 2.87. The number of amides is 1. The number of para-hydroxylation sites is 1. The number of nitrogens with one attached hydrogen (secondary N) is 1. The minimum absolute atomic E-state index is 0.0966. The predicted octanol–water partition coefficient (Wildman–Crippen LogP) is 5.15. The van der Waals surface area contributed by atoms with Gasteiger partial charge in [-0.05, 0) is 42.8 Å². The number of thiazole rings is 1. The highest BCUT2D eigenvalue weighted by molar-refractivity contribution is 7.14. The first-order chi connectivity index (χ1) is 15.1. The van der Waals surface area contributed by atoms with E-state index in [-0.39, 0.29) is 5.91 Å². The van der Waals surface area contributed by atoms with Crippen molar-refractivity contribution < 1.29 is 14.3 Å². The number of hydrogen-bond acceptors (Lipinski definition) is 6. The normalized spacial score (nSPS) is 11.7. The Morgan fingerprint density at radius 3 is 2.58 bits per heavy atom. The number of rotatable bonds is 10. The van der Waals surface area contributed by atoms with E-state index in [1.807, 2.05) is 65.7 Å². The SMILES string of the molecule is CC[C@@H](C(=O)NCCOC)N(c1nc(-c2ccc(OC)cc2)cs1)c1ccccc1Cl. The molecule has 2 aromatic carbocycles. The first kappa shape index (κ1) is 23.1. The molecule has 0 aliphatic heterocycles. The van der Waals surface area contributed by atoms with Gasteiger partial charge in [-0.15, -0.1) is 11.3 Å². The molecule has 0 bridgehead atoms. The van der Waals surface area contributed by atoms with E-state index in [0.717, 1.165) is 22.7 Å². The van der Waals surface area contributed by atoms with E-state index in [1.54, 1.807) is 14.2 Å². The minimum Gasteiger partial charge on any atom is -0.497 e. The van der Waals surface area contributed by atoms with Gasteiger partial charge in [-0.25, -0.2) is 4.98 Å². The van der Waals surface area contributed by atoms with E-state index < -0.39 is 6.04 Å². The maximum absolute atomic E-state index is 13.0. The number of methoxy groups -OCH3 is 2. The van der Waals surface area contributed by atoms with Gasteiger partial charge in [0.1, 0.15) is 11.8 Å². The van der Waals surface area contributed by atoms with Gasteiger partial charge < -0.3 is 19.7 Å². The van der Waals surface area contributed by atoms with Gasteiger partial charge in [-0.1, -0.05) is 30.7 Å². The van der Waals surface area contributed by atoms with Gasteiger partial charge in [-0.2, -0.15) is 0 Å². The lowest BCUT2D eigenvalue weighted by Crippen LogP contribution is -2.45. The van der Waals surface area contributed by atoms with Crippen molar-refractivity contribution in [2.24, 2.45) is 0 Å². The molecule has 1 atom stereocenters. The van der Waals surface area contributed by atoms with Crippen molar-refractivity contribution in [3.05, 3.63) is 58.9 Å². The minimum atomic E-state index is -0.466. The van der Waals surface area contributed by atoms with E-state index >= 15 is 0 Å². The first-order valence-corrected chi connectivity index (χ1v) is 11.2. The van der Waals surface area contributed by atoms with Crippen LogP contribution in [0.1, 0.15) is 13.3 Å². The molecule has 31 heavy (non-hydrogen) atoms. The Morgan fingerprint density at radius 2 is 1.94 bits per heavy atom. The highest BCUT2D eigenvalue weighted by Gasteiger charge is 2.29. The number of aromatic nitrogens is 1. The van der Waals surface area contributed by atoms with Crippen LogP contribution in [0.25, 0.3) is 11.3 Å². The predicted molar refractivity (Wildman–Crippen MR) is 127 cm³/mol. The molecule has 3 aromatic rings. The first-order valence-electron chi connectivity index (χ1n) is 9.99. The summed E-state index contributed by atoms with van der Waals surface area (Å²) in [7, 11) is 3.25. The van der Waals surface area contributed by atoms with Gasteiger partial charge in [0.15, 0.2) is 5.13 Å². The third-order valence-corrected chi connectivity index (χ3v) is 5.96. The molecule has 0 aliphatic rings. The van der Waals surface area contributed by atoms with Crippen LogP contribution >= 0.6 is 22.9 Å². The summed E-state index contributed by atoms with van der Waals surface area (Å²) < 4.78 is 10.3. The van der Waals surface area contributed by atoms with E-state index in [9.17, 15) is 4.79 Å². The Kier molecular flexibility index (Phi) is 8.28. The number of nitrogens with zero attached hydrogens (tertiary/aromatic N) is 2. The smallest absolute Gasteiger partial charge is 0.243 e. The van der Waals surface area contributed by atoms with Crippen LogP contribution in [-0.2, 0) is 9.53 Å². The monoisotopic (exact) mass is 459 g/mol. The highest BCUT2D eigenvalue weighted by Crippen LogP contribution is 2.38. The number of ether oxygens (including phenoxy) is 2. The molecule has 0 aliphatic carbocycles. The molecule has 6 nitrogen and oxygen atoms in total. The molecule has 3 rings (SSSR count). The highest BCUT2D eigenvalue weighted by atomic mass is 35.5. The zero-order valence-electron chi connectivity index (χ0n) is 17.8. The fourth-order valence-electron chi connectivity index (χ4n) is 3.20. The van der Waals surface area contributed by atoms with Crippen LogP contribution in [0.2, 0.25) is 5.02 Å². The topological polar surface area (TPSA) is 63.7 Å². The fourth-order valence-corrected chi connectivity index (χ4v) is 4.32. The maximum Gasteiger partial charge on any atom is 0.243 e. The molecule has 1 heterocycles. The van der Waals surface area contributed by atoms with Crippen molar-refractivity contribution in [1.82, 2.24) is 10.3 Å². The zero-order valence-corrected chi connectivity index (χ0v) is 19.4. The standard InChI is InChI=1S/C23H26ClN3O3S/c1-4-20(22(28)25-13-14-29-2)27(21-8-6-5-7-18(21)24)23-26-19(15-31-23)16-9-11-17(30-3)12-10-16/h5-12,15,20H,4,13-14H2,1-3H3,(H,25,28)/t20-/m0/s1. The molecule has 1 N–H and O–H groups in total. The molecule has 164 valence electrons. The van der Waals surface area contributed by atoms with Crippen molar-refractivity contribution >= 4 is 39.7 Å². The fraction of sp³-hybridized carbons (Fsp3) is 0.304. The van der Waals surface area contributed by atoms with Crippen LogP contribution in [0.3, 0.4) is 0 Å². The third-order valence-electron chi connectivity index (χ3n) is 4.80. The van der Waals surface area contributed by atoms with Gasteiger partial charge >= 0.3 is 0 Å². The summed E-state index contributed by atoms with van der Waals surface area (Å²) >= 11 is 8.00. The average molecular weight is 460 g/mol. The van der Waals surface area contributed by atoms with Crippen molar-refractivity contribution in [1.29, 1.82) is 0 Å². The van der Waals surface area contributed by atoms with Crippen LogP contribution in [-0.4, -0.2) is 44.3 Å². The van der Waals surface area contributed by atoms with E-state index in [0.29, 0.717) is 29.7 Å². The van der Waals surface area contributed by atoms with E-state index in [1.165, 1.54) is 11.3 Å². The van der Waals surface area contributed by atoms with Gasteiger partial charge in [0, 0.05) is 24.6 Å². The molecule has 0 radical (unpaired) electrons. The number of benzene rings is 2. The Hall–Kier alpha value is -2.61. The molecule has 1 aromatic heterocycles. The lowest BCUT2D eigenvalue weighted by Gasteiger charge is -2.30. The Balaban J connectivity index is 1.97. The lowest BCUT2D eigenvalue weighted by molar-refractivity contribution is -0.122. The van der Waals surface area contributed by atoms with Gasteiger partial charge in [0.05, 0.1) is 30.1 Å². The number of hydrogen-bond donors (Lipinski definition) is 1. The van der Waals surface area contributed by atoms with E-state index in [2.05, 4.69) is 5.32 Å². The molecule has 8 heteroatoms. The number of anilines is 2. The number of halogens is 1. The third kappa shape index (κ3) is 5.55. The van der Waals surface area contributed by atoms with Gasteiger partial charge in [0.2, 0.25) is 5.91 Å². The molecule has 1 amide bonds. The average Bonchev–Trinajstić information content (AvgIpc) is 3.28. The molecule has 0 unspecified atom stereocenters. The van der Waals surface area contributed by atoms with E-state index in [4.69, 9.17) is 26.1 Å². The van der Waals surface area contributed by atoms with Crippen molar-refractivity contribution in [2.75, 3.05) is 32.3 Å². The molecule has 0 saturated carbocycles. The summed E-state index contributed by atoms with van der Waals surface area (Å²) in [5.41, 5.74) is 2.54. The van der Waals surface area contributed by atoms with Crippen LogP contribution in [0.5, 0.6) is 5.75 Å². The summed E-state index contributed by atoms with van der Waals surface area (Å²) in [6, 6.07) is 14.8. The quantitative estimate of drug-likeness (QED) is 0.425. The maximum atomic E-state index is 13.0. The van der Waals surface area contributed by atoms with Crippen LogP contribution in [0.4, 0.5) is 10.8 Å². The molecule has 0 saturated heterocycles. The van der Waals surface area contributed by atoms with Crippen molar-refractivity contribution in [2.45, 2.75) is 19.4 Å². The Morgan fingerprint density at radius 1 is 1.19 bits per heavy atom. The van der Waals surface area contributed by atoms with Crippen LogP contribution < -0.4 is 15.0 Å². The summed E-state index contributed by atoms with van der Waals surface area (Å²) in [5, 5.41) is 6.19. The molecule has 0 spiro atoms. The number of carbonyl (C=O) groups excluding carboxylic acids is 1. The summed E-state index contributed by atoms with van der Waals surface area (Å²) in [4.78, 5) is 19.8. The lowest BCUT2D eigenvalue weighted by atomic mass is 10.1. The Bertz CT molecular complexity index is 994. The second kappa shape index (κ2) is 11.1. The zero-order chi connectivity index (χ0) is 22.2. The second-order valence-corrected chi connectivity index (χ2v) is 8.02. The van der Waals surface area contributed by atoms with Crippen LogP contribution in [0.15, 0.2) is 53.9 Å². The largest absolute Gasteiger partial charge is 0.497 e. The summed E-state index contributed by atoms with van der Waals surface area (Å²) in [5.74, 6) is 0.691. The number of carbonyl (C=O) groups is 1. The van der Waals surface area contributed by atoms with Gasteiger partial charge in [0.25, 0.3) is 0 Å².